The maximum absolute atomic E-state index is 13.7. The van der Waals surface area contributed by atoms with Crippen molar-refractivity contribution < 1.29 is 13.2 Å². The fourth-order valence-corrected chi connectivity index (χ4v) is 1.70. The lowest BCUT2D eigenvalue weighted by atomic mass is 10.1. The third kappa shape index (κ3) is 3.55. The molecule has 108 valence electrons. The van der Waals surface area contributed by atoms with E-state index in [0.29, 0.717) is 12.2 Å². The Labute approximate surface area is 121 Å². The van der Waals surface area contributed by atoms with Gasteiger partial charge in [0.2, 0.25) is 5.89 Å². The molecule has 1 N–H and O–H groups in total. The smallest absolute Gasteiger partial charge is 0.229 e. The molecule has 0 unspecified atom stereocenters. The van der Waals surface area contributed by atoms with Gasteiger partial charge >= 0.3 is 0 Å². The summed E-state index contributed by atoms with van der Waals surface area (Å²) in [6.07, 6.45) is 1.42. The van der Waals surface area contributed by atoms with E-state index in [0.717, 1.165) is 12.1 Å². The predicted molar refractivity (Wildman–Crippen MR) is 73.5 cm³/mol. The van der Waals surface area contributed by atoms with E-state index in [1.807, 2.05) is 20.8 Å². The number of aromatic nitrogens is 1. The summed E-state index contributed by atoms with van der Waals surface area (Å²) < 4.78 is 32.3. The van der Waals surface area contributed by atoms with Crippen molar-refractivity contribution in [3.63, 3.8) is 0 Å². The lowest BCUT2D eigenvalue weighted by Crippen LogP contribution is -2.35. The minimum Gasteiger partial charge on any atom is -0.444 e. The Morgan fingerprint density at radius 3 is 2.60 bits per heavy atom. The number of halogens is 3. The van der Waals surface area contributed by atoms with Crippen LogP contribution in [0.3, 0.4) is 0 Å². The van der Waals surface area contributed by atoms with Crippen LogP contribution in [0.25, 0.3) is 11.5 Å². The average Bonchev–Trinajstić information content (AvgIpc) is 2.79. The molecular weight excluding hydrogens is 286 g/mol. The fraction of sp³-hybridized carbons (Fsp3) is 0.357. The molecule has 2 aromatic rings. The summed E-state index contributed by atoms with van der Waals surface area (Å²) in [4.78, 5) is 4.14. The van der Waals surface area contributed by atoms with Crippen LogP contribution in [0.5, 0.6) is 0 Å². The quantitative estimate of drug-likeness (QED) is 0.865. The molecule has 1 heterocycles. The third-order valence-electron chi connectivity index (χ3n) is 2.59. The van der Waals surface area contributed by atoms with Gasteiger partial charge in [-0.2, -0.15) is 0 Å². The van der Waals surface area contributed by atoms with Gasteiger partial charge in [-0.05, 0) is 32.9 Å². The molecule has 0 atom stereocenters. The van der Waals surface area contributed by atoms with Crippen molar-refractivity contribution in [2.45, 2.75) is 32.9 Å². The number of rotatable bonds is 3. The molecule has 0 aliphatic rings. The molecule has 0 radical (unpaired) electrons. The zero-order chi connectivity index (χ0) is 14.9. The van der Waals surface area contributed by atoms with E-state index in [-0.39, 0.29) is 22.0 Å². The Kier molecular flexibility index (Phi) is 4.11. The molecule has 6 heteroatoms. The average molecular weight is 301 g/mol. The molecule has 0 aliphatic heterocycles. The highest BCUT2D eigenvalue weighted by Crippen LogP contribution is 2.27. The highest BCUT2D eigenvalue weighted by Gasteiger charge is 2.16. The maximum Gasteiger partial charge on any atom is 0.229 e. The van der Waals surface area contributed by atoms with Gasteiger partial charge in [-0.25, -0.2) is 13.8 Å². The van der Waals surface area contributed by atoms with Crippen molar-refractivity contribution in [3.8, 4) is 11.5 Å². The van der Waals surface area contributed by atoms with E-state index in [1.165, 1.54) is 6.26 Å². The zero-order valence-electron chi connectivity index (χ0n) is 11.4. The van der Waals surface area contributed by atoms with Crippen molar-refractivity contribution in [1.82, 2.24) is 10.3 Å². The van der Waals surface area contributed by atoms with Crippen LogP contribution in [0, 0.1) is 11.6 Å². The second-order valence-corrected chi connectivity index (χ2v) is 5.90. The van der Waals surface area contributed by atoms with Gasteiger partial charge in [0.15, 0.2) is 0 Å². The summed E-state index contributed by atoms with van der Waals surface area (Å²) in [5.74, 6) is -1.35. The first-order valence-electron chi connectivity index (χ1n) is 6.10. The Morgan fingerprint density at radius 2 is 1.95 bits per heavy atom. The number of hydrogen-bond acceptors (Lipinski definition) is 3. The van der Waals surface area contributed by atoms with E-state index < -0.39 is 11.6 Å². The number of nitrogens with one attached hydrogen (secondary N) is 1. The molecule has 0 bridgehead atoms. The van der Waals surface area contributed by atoms with Crippen LogP contribution in [-0.4, -0.2) is 10.5 Å². The van der Waals surface area contributed by atoms with Gasteiger partial charge in [0.1, 0.15) is 17.9 Å². The zero-order valence-corrected chi connectivity index (χ0v) is 12.2. The Morgan fingerprint density at radius 1 is 1.25 bits per heavy atom. The first-order chi connectivity index (χ1) is 9.26. The van der Waals surface area contributed by atoms with Gasteiger partial charge in [-0.15, -0.1) is 0 Å². The van der Waals surface area contributed by atoms with Gasteiger partial charge in [-0.1, -0.05) is 11.6 Å². The highest BCUT2D eigenvalue weighted by atomic mass is 35.5. The van der Waals surface area contributed by atoms with Gasteiger partial charge < -0.3 is 9.73 Å². The molecule has 1 aromatic heterocycles. The Bertz CT molecular complexity index is 620. The van der Waals surface area contributed by atoms with Crippen LogP contribution < -0.4 is 5.32 Å². The molecule has 20 heavy (non-hydrogen) atoms. The SMILES string of the molecule is CC(C)(C)NCc1coc(-c2cc(F)c(Cl)cc2F)n1. The van der Waals surface area contributed by atoms with E-state index in [2.05, 4.69) is 10.3 Å². The van der Waals surface area contributed by atoms with Crippen molar-refractivity contribution in [3.05, 3.63) is 40.7 Å². The first-order valence-corrected chi connectivity index (χ1v) is 6.48. The van der Waals surface area contributed by atoms with E-state index in [4.69, 9.17) is 16.0 Å². The molecule has 0 fully saturated rings. The number of nitrogens with zero attached hydrogens (tertiary/aromatic N) is 1. The van der Waals surface area contributed by atoms with Crippen LogP contribution in [0.2, 0.25) is 5.02 Å². The normalized spacial score (nSPS) is 11.9. The largest absolute Gasteiger partial charge is 0.444 e. The molecule has 0 amide bonds. The minimum atomic E-state index is -0.712. The standard InChI is InChI=1S/C14H15ClF2N2O/c1-14(2,3)18-6-8-7-20-13(19-8)9-4-12(17)10(15)5-11(9)16/h4-5,7,18H,6H2,1-3H3. The van der Waals surface area contributed by atoms with Crippen LogP contribution in [-0.2, 0) is 6.54 Å². The number of hydrogen-bond donors (Lipinski definition) is 1. The summed E-state index contributed by atoms with van der Waals surface area (Å²) in [6.45, 7) is 6.53. The lowest BCUT2D eigenvalue weighted by Gasteiger charge is -2.19. The predicted octanol–water partition coefficient (Wildman–Crippen LogP) is 4.16. The van der Waals surface area contributed by atoms with E-state index in [1.54, 1.807) is 0 Å². The van der Waals surface area contributed by atoms with Crippen molar-refractivity contribution in [1.29, 1.82) is 0 Å². The Balaban J connectivity index is 2.23. The van der Waals surface area contributed by atoms with Gasteiger partial charge in [-0.3, -0.25) is 0 Å². The second-order valence-electron chi connectivity index (χ2n) is 5.49. The minimum absolute atomic E-state index is 0.0313. The lowest BCUT2D eigenvalue weighted by molar-refractivity contribution is 0.421. The van der Waals surface area contributed by atoms with Crippen LogP contribution in [0.15, 0.2) is 22.8 Å². The maximum atomic E-state index is 13.7. The molecule has 2 rings (SSSR count). The van der Waals surface area contributed by atoms with Gasteiger partial charge in [0.25, 0.3) is 0 Å². The second kappa shape index (κ2) is 5.50. The van der Waals surface area contributed by atoms with Crippen LogP contribution >= 0.6 is 11.6 Å². The molecule has 0 saturated carbocycles. The summed E-state index contributed by atoms with van der Waals surface area (Å²) in [5, 5.41) is 2.96. The molecule has 0 aliphatic carbocycles. The Hall–Kier alpha value is -1.46. The van der Waals surface area contributed by atoms with Gasteiger partial charge in [0.05, 0.1) is 16.3 Å². The molecule has 0 spiro atoms. The summed E-state index contributed by atoms with van der Waals surface area (Å²) in [5.41, 5.74) is 0.495. The van der Waals surface area contributed by atoms with Crippen molar-refractivity contribution in [2.75, 3.05) is 0 Å². The fourth-order valence-electron chi connectivity index (χ4n) is 1.55. The molecule has 3 nitrogen and oxygen atoms in total. The van der Waals surface area contributed by atoms with Crippen LogP contribution in [0.1, 0.15) is 26.5 Å². The number of benzene rings is 1. The summed E-state index contributed by atoms with van der Waals surface area (Å²) >= 11 is 5.50. The highest BCUT2D eigenvalue weighted by molar-refractivity contribution is 6.30. The number of oxazole rings is 1. The molecule has 0 saturated heterocycles. The topological polar surface area (TPSA) is 38.1 Å². The summed E-state index contributed by atoms with van der Waals surface area (Å²) in [7, 11) is 0. The van der Waals surface area contributed by atoms with Crippen molar-refractivity contribution in [2.24, 2.45) is 0 Å². The van der Waals surface area contributed by atoms with E-state index >= 15 is 0 Å². The monoisotopic (exact) mass is 300 g/mol. The third-order valence-corrected chi connectivity index (χ3v) is 2.88. The molecule has 1 aromatic carbocycles. The van der Waals surface area contributed by atoms with E-state index in [9.17, 15) is 8.78 Å². The van der Waals surface area contributed by atoms with Crippen LogP contribution in [0.4, 0.5) is 8.78 Å². The van der Waals surface area contributed by atoms with Gasteiger partial charge in [0, 0.05) is 12.1 Å². The van der Waals surface area contributed by atoms with Crippen molar-refractivity contribution >= 4 is 11.6 Å². The molecular formula is C14H15ClF2N2O. The summed E-state index contributed by atoms with van der Waals surface area (Å²) in [6, 6.07) is 1.88. The first kappa shape index (κ1) is 14.9.